The molecule has 34 heavy (non-hydrogen) atoms. The molecule has 1 aliphatic rings. The van der Waals surface area contributed by atoms with Crippen LogP contribution in [0.15, 0.2) is 10.5 Å². The number of Topliss-reactive ketones (excluding diaryl/α,β-unsaturated/α-hetero) is 1. The van der Waals surface area contributed by atoms with Crippen LogP contribution >= 0.6 is 11.3 Å². The lowest BCUT2D eigenvalue weighted by atomic mass is 9.84. The number of oxime groups is 1. The van der Waals surface area contributed by atoms with Crippen LogP contribution in [0.2, 0.25) is 0 Å². The monoisotopic (exact) mass is 516 g/mol. The molecule has 0 saturated carbocycles. The number of ketones is 1. The van der Waals surface area contributed by atoms with E-state index in [4.69, 9.17) is 10.6 Å². The van der Waals surface area contributed by atoms with Crippen LogP contribution in [0.5, 0.6) is 0 Å². The number of aromatic nitrogens is 5. The van der Waals surface area contributed by atoms with E-state index in [1.165, 1.54) is 30.8 Å². The second-order valence-corrected chi connectivity index (χ2v) is 9.92. The summed E-state index contributed by atoms with van der Waals surface area (Å²) in [4.78, 5) is 45.9. The van der Waals surface area contributed by atoms with Crippen LogP contribution in [0.25, 0.3) is 0 Å². The molecular formula is C16H20N8O8S2. The third-order valence-electron chi connectivity index (χ3n) is 4.93. The first-order valence-electron chi connectivity index (χ1n) is 9.50. The Morgan fingerprint density at radius 3 is 2.56 bits per heavy atom. The molecule has 16 nitrogen and oxygen atoms in total. The van der Waals surface area contributed by atoms with Gasteiger partial charge in [-0.3, -0.25) is 14.1 Å². The number of carbonyl (C=O) groups is 3. The van der Waals surface area contributed by atoms with Crippen LogP contribution in [0, 0.1) is 12.8 Å². The molecule has 0 radical (unpaired) electrons. The molecule has 0 aliphatic carbocycles. The topological polar surface area (TPSA) is 233 Å². The van der Waals surface area contributed by atoms with E-state index in [9.17, 15) is 32.5 Å². The Kier molecular flexibility index (Phi) is 6.67. The molecule has 2 atom stereocenters. The first-order chi connectivity index (χ1) is 15.7. The van der Waals surface area contributed by atoms with E-state index >= 15 is 0 Å². The fraction of sp³-hybridized carbons (Fsp3) is 0.500. The highest BCUT2D eigenvalue weighted by molar-refractivity contribution is 7.84. The maximum Gasteiger partial charge on any atom is 0.362 e. The summed E-state index contributed by atoms with van der Waals surface area (Å²) in [5, 5.41) is 25.2. The predicted octanol–water partition coefficient (Wildman–Crippen LogP) is -1.11. The number of hydrogen-bond acceptors (Lipinski definition) is 13. The lowest BCUT2D eigenvalue weighted by Crippen LogP contribution is -2.64. The molecule has 3 rings (SSSR count). The summed E-state index contributed by atoms with van der Waals surface area (Å²) >= 11 is 0.986. The van der Waals surface area contributed by atoms with E-state index in [1.807, 2.05) is 0 Å². The van der Waals surface area contributed by atoms with Gasteiger partial charge in [0, 0.05) is 11.8 Å². The normalized spacial score (nSPS) is 19.1. The van der Waals surface area contributed by atoms with Crippen molar-refractivity contribution in [2.24, 2.45) is 11.1 Å². The summed E-state index contributed by atoms with van der Waals surface area (Å²) in [6.45, 7) is 3.74. The zero-order valence-electron chi connectivity index (χ0n) is 18.0. The molecule has 184 valence electrons. The second kappa shape index (κ2) is 9.03. The van der Waals surface area contributed by atoms with Crippen LogP contribution in [-0.4, -0.2) is 82.6 Å². The average Bonchev–Trinajstić information content (AvgIpc) is 3.32. The van der Waals surface area contributed by atoms with E-state index in [0.717, 1.165) is 11.3 Å². The Balaban J connectivity index is 1.90. The highest BCUT2D eigenvalue weighted by atomic mass is 32.2. The number of nitrogens with zero attached hydrogens (tertiary/aromatic N) is 7. The maximum absolute atomic E-state index is 13.1. The summed E-state index contributed by atoms with van der Waals surface area (Å²) in [6.07, 6.45) is -0.552. The van der Waals surface area contributed by atoms with Gasteiger partial charge in [-0.15, -0.1) is 16.4 Å². The molecule has 0 spiro atoms. The smallest absolute Gasteiger partial charge is 0.362 e. The van der Waals surface area contributed by atoms with E-state index in [-0.39, 0.29) is 21.7 Å². The number of nitrogens with two attached hydrogens (primary N) is 1. The molecule has 0 unspecified atom stereocenters. The fourth-order valence-electron chi connectivity index (χ4n) is 3.01. The molecule has 18 heteroatoms. The number of amides is 1. The van der Waals surface area contributed by atoms with Gasteiger partial charge in [-0.2, -0.15) is 8.42 Å². The number of nitrogen functional groups attached to an aromatic ring is 1. The minimum Gasteiger partial charge on any atom is -0.478 e. The van der Waals surface area contributed by atoms with Gasteiger partial charge in [0.1, 0.15) is 11.5 Å². The van der Waals surface area contributed by atoms with Gasteiger partial charge < -0.3 is 15.7 Å². The zero-order valence-corrected chi connectivity index (χ0v) is 19.6. The van der Waals surface area contributed by atoms with Crippen molar-refractivity contribution in [1.82, 2.24) is 29.5 Å². The molecule has 1 fully saturated rings. The number of β-lactam (4-membered cyclic amide) rings is 1. The van der Waals surface area contributed by atoms with Gasteiger partial charge in [0.2, 0.25) is 11.5 Å². The lowest BCUT2D eigenvalue weighted by molar-refractivity contribution is -0.161. The van der Waals surface area contributed by atoms with Crippen LogP contribution in [0.3, 0.4) is 0 Å². The number of carbonyl (C=O) groups excluding carboxylic acids is 2. The molecule has 2 aromatic heterocycles. The van der Waals surface area contributed by atoms with Crippen molar-refractivity contribution >= 4 is 50.1 Å². The zero-order chi connectivity index (χ0) is 25.4. The van der Waals surface area contributed by atoms with Crippen molar-refractivity contribution in [2.75, 3.05) is 5.73 Å². The van der Waals surface area contributed by atoms with Gasteiger partial charge in [-0.05, 0) is 31.2 Å². The fourth-order valence-corrected chi connectivity index (χ4v) is 4.48. The van der Waals surface area contributed by atoms with Crippen molar-refractivity contribution in [3.05, 3.63) is 16.9 Å². The van der Waals surface area contributed by atoms with Crippen molar-refractivity contribution in [3.8, 4) is 0 Å². The molecule has 1 saturated heterocycles. The van der Waals surface area contributed by atoms with Gasteiger partial charge in [-0.1, -0.05) is 5.16 Å². The second-order valence-electron chi connectivity index (χ2n) is 7.74. The first-order valence-corrected chi connectivity index (χ1v) is 11.8. The average molecular weight is 517 g/mol. The van der Waals surface area contributed by atoms with Gasteiger partial charge in [0.05, 0.1) is 18.5 Å². The molecule has 1 aliphatic heterocycles. The van der Waals surface area contributed by atoms with E-state index in [1.54, 1.807) is 0 Å². The van der Waals surface area contributed by atoms with Crippen molar-refractivity contribution in [2.45, 2.75) is 45.4 Å². The Labute approximate surface area is 196 Å². The Hall–Kier alpha value is -3.51. The van der Waals surface area contributed by atoms with Crippen LogP contribution in [0.4, 0.5) is 5.13 Å². The molecule has 2 aromatic rings. The van der Waals surface area contributed by atoms with Crippen molar-refractivity contribution in [1.29, 1.82) is 0 Å². The number of tetrazole rings is 1. The third-order valence-corrected chi connectivity index (χ3v) is 6.56. The van der Waals surface area contributed by atoms with Crippen LogP contribution in [0.1, 0.15) is 31.8 Å². The summed E-state index contributed by atoms with van der Waals surface area (Å²) in [5.74, 6) is -4.04. The number of aliphatic carboxylic acids is 1. The Morgan fingerprint density at radius 2 is 2.06 bits per heavy atom. The summed E-state index contributed by atoms with van der Waals surface area (Å²) in [6, 6.07) is -1.17. The highest BCUT2D eigenvalue weighted by Crippen LogP contribution is 2.34. The van der Waals surface area contributed by atoms with Gasteiger partial charge in [0.25, 0.3) is 0 Å². The lowest BCUT2D eigenvalue weighted by Gasteiger charge is -2.43. The molecule has 1 amide bonds. The molecular weight excluding hydrogens is 496 g/mol. The number of rotatable bonds is 10. The Bertz CT molecular complexity index is 1270. The quantitative estimate of drug-likeness (QED) is 0.147. The van der Waals surface area contributed by atoms with Crippen molar-refractivity contribution in [3.63, 3.8) is 0 Å². The maximum atomic E-state index is 13.1. The highest BCUT2D eigenvalue weighted by Gasteiger charge is 2.54. The van der Waals surface area contributed by atoms with E-state index < -0.39 is 57.7 Å². The van der Waals surface area contributed by atoms with Gasteiger partial charge >= 0.3 is 16.3 Å². The SMILES string of the molecule is Cc1nnnn1C[C@@H]1[C@H](CC(=O)/C(=N\OC(C)(C)C(=O)O)c2csc(N)n2)C(=O)N1S(=O)(=O)O. The van der Waals surface area contributed by atoms with E-state index in [0.29, 0.717) is 5.82 Å². The summed E-state index contributed by atoms with van der Waals surface area (Å²) < 4.78 is 34.3. The Morgan fingerprint density at radius 1 is 1.38 bits per heavy atom. The number of carboxylic acids is 1. The van der Waals surface area contributed by atoms with Crippen LogP contribution < -0.4 is 5.73 Å². The molecule has 4 N–H and O–H groups in total. The minimum absolute atomic E-state index is 0.0139. The largest absolute Gasteiger partial charge is 0.478 e. The number of carboxylic acid groups (broad SMARTS) is 1. The number of thiazole rings is 1. The third kappa shape index (κ3) is 5.02. The van der Waals surface area contributed by atoms with Crippen LogP contribution in [-0.2, 0) is 36.1 Å². The van der Waals surface area contributed by atoms with Gasteiger partial charge in [-0.25, -0.2) is 18.8 Å². The number of aryl methyl sites for hydroxylation is 1. The molecule has 3 heterocycles. The minimum atomic E-state index is -4.91. The van der Waals surface area contributed by atoms with Gasteiger partial charge in [0.15, 0.2) is 16.6 Å². The summed E-state index contributed by atoms with van der Waals surface area (Å²) in [7, 11) is -4.91. The standard InChI is InChI=1S/C16H20N8O8S2/c1-7-19-21-22-23(7)5-10-8(13(26)24(10)34(29,30)31)4-11(25)12(9-6-33-15(17)18-9)20-32-16(2,3)14(27)28/h6,8,10H,4-5H2,1-3H3,(H2,17,18)(H,27,28)(H,29,30,31)/b20-12-/t8-,10+/m0/s1. The summed E-state index contributed by atoms with van der Waals surface area (Å²) in [5.41, 5.74) is 3.41. The number of hydrogen-bond donors (Lipinski definition) is 3. The predicted molar refractivity (Wildman–Crippen MR) is 114 cm³/mol. The number of anilines is 1. The van der Waals surface area contributed by atoms with Crippen molar-refractivity contribution < 1.29 is 37.3 Å². The first kappa shape index (κ1) is 25.1. The molecule has 0 bridgehead atoms. The molecule has 0 aromatic carbocycles. The van der Waals surface area contributed by atoms with E-state index in [2.05, 4.69) is 25.7 Å².